The van der Waals surface area contributed by atoms with E-state index in [1.54, 1.807) is 24.6 Å². The monoisotopic (exact) mass is 583 g/mol. The number of aromatic nitrogens is 1. The number of carboxylic acid groups (broad SMARTS) is 2. The maximum atomic E-state index is 12.6. The van der Waals surface area contributed by atoms with E-state index in [0.717, 1.165) is 38.3 Å². The molecule has 222 valence electrons. The van der Waals surface area contributed by atoms with Gasteiger partial charge < -0.3 is 29.2 Å². The number of rotatable bonds is 5. The molecule has 2 aliphatic heterocycles. The SMILES string of the molecule is CN1C[C@@H](COCc2ccccn2)[C@]2(CCN(C(=O)c3ccco3)C2)C1.O=C(O)C(F)(F)F.O=C(O)C(F)(F)F. The van der Waals surface area contributed by atoms with E-state index in [1.165, 1.54) is 0 Å². The van der Waals surface area contributed by atoms with E-state index in [0.29, 0.717) is 24.9 Å². The second-order valence-electron chi connectivity index (χ2n) is 9.15. The normalized spacial score (nSPS) is 20.9. The highest BCUT2D eigenvalue weighted by molar-refractivity contribution is 5.91. The van der Waals surface area contributed by atoms with Gasteiger partial charge in [0.15, 0.2) is 5.76 Å². The van der Waals surface area contributed by atoms with Crippen LogP contribution in [0.2, 0.25) is 0 Å². The zero-order valence-electron chi connectivity index (χ0n) is 21.1. The van der Waals surface area contributed by atoms with Crippen molar-refractivity contribution >= 4 is 17.8 Å². The lowest BCUT2D eigenvalue weighted by Gasteiger charge is -2.30. The third kappa shape index (κ3) is 9.51. The zero-order chi connectivity index (χ0) is 30.1. The van der Waals surface area contributed by atoms with Gasteiger partial charge in [-0.2, -0.15) is 26.3 Å². The van der Waals surface area contributed by atoms with Crippen LogP contribution in [-0.4, -0.2) is 95.0 Å². The molecule has 2 atom stereocenters. The molecule has 16 heteroatoms. The smallest absolute Gasteiger partial charge is 0.475 e. The van der Waals surface area contributed by atoms with Gasteiger partial charge in [-0.1, -0.05) is 6.07 Å². The van der Waals surface area contributed by atoms with Crippen molar-refractivity contribution in [2.24, 2.45) is 11.3 Å². The first kappa shape index (κ1) is 32.6. The van der Waals surface area contributed by atoms with Crippen LogP contribution in [-0.2, 0) is 20.9 Å². The summed E-state index contributed by atoms with van der Waals surface area (Å²) in [7, 11) is 2.15. The Morgan fingerprint density at radius 3 is 2.17 bits per heavy atom. The molecule has 0 unspecified atom stereocenters. The summed E-state index contributed by atoms with van der Waals surface area (Å²) in [6, 6.07) is 9.37. The van der Waals surface area contributed by atoms with Crippen LogP contribution in [0, 0.1) is 11.3 Å². The van der Waals surface area contributed by atoms with Crippen LogP contribution in [0.3, 0.4) is 0 Å². The second kappa shape index (κ2) is 13.6. The Kier molecular flexibility index (Phi) is 11.1. The van der Waals surface area contributed by atoms with Gasteiger partial charge in [-0.15, -0.1) is 0 Å². The van der Waals surface area contributed by atoms with Crippen LogP contribution in [0.5, 0.6) is 0 Å². The molecule has 2 saturated heterocycles. The number of carbonyl (C=O) groups excluding carboxylic acids is 1. The van der Waals surface area contributed by atoms with Gasteiger partial charge in [0.25, 0.3) is 5.91 Å². The fraction of sp³-hybridized carbons (Fsp3) is 0.500. The number of carboxylic acids is 2. The largest absolute Gasteiger partial charge is 0.490 e. The second-order valence-corrected chi connectivity index (χ2v) is 9.15. The molecule has 1 spiro atoms. The first-order chi connectivity index (χ1) is 18.5. The third-order valence-electron chi connectivity index (χ3n) is 6.17. The molecule has 2 N–H and O–H groups in total. The molecule has 0 radical (unpaired) electrons. The lowest BCUT2D eigenvalue weighted by Crippen LogP contribution is -2.38. The van der Waals surface area contributed by atoms with Crippen molar-refractivity contribution < 1.29 is 60.1 Å². The average Bonchev–Trinajstić information content (AvgIpc) is 3.60. The Labute approximate surface area is 224 Å². The molecule has 2 fully saturated rings. The van der Waals surface area contributed by atoms with Crippen molar-refractivity contribution in [1.82, 2.24) is 14.8 Å². The van der Waals surface area contributed by atoms with Gasteiger partial charge in [0.1, 0.15) is 0 Å². The minimum atomic E-state index is -5.08. The zero-order valence-corrected chi connectivity index (χ0v) is 21.1. The van der Waals surface area contributed by atoms with Gasteiger partial charge in [0, 0.05) is 43.7 Å². The van der Waals surface area contributed by atoms with Crippen LogP contribution in [0.4, 0.5) is 26.3 Å². The van der Waals surface area contributed by atoms with Crippen molar-refractivity contribution in [2.75, 3.05) is 39.8 Å². The molecule has 2 aromatic rings. The predicted octanol–water partition coefficient (Wildman–Crippen LogP) is 3.55. The maximum Gasteiger partial charge on any atom is 0.490 e. The van der Waals surface area contributed by atoms with Crippen molar-refractivity contribution in [3.63, 3.8) is 0 Å². The quantitative estimate of drug-likeness (QED) is 0.507. The third-order valence-corrected chi connectivity index (χ3v) is 6.17. The fourth-order valence-corrected chi connectivity index (χ4v) is 4.41. The Morgan fingerprint density at radius 1 is 1.05 bits per heavy atom. The molecule has 4 rings (SSSR count). The Morgan fingerprint density at radius 2 is 1.68 bits per heavy atom. The van der Waals surface area contributed by atoms with Gasteiger partial charge in [0.2, 0.25) is 0 Å². The predicted molar refractivity (Wildman–Crippen MR) is 124 cm³/mol. The van der Waals surface area contributed by atoms with Crippen molar-refractivity contribution in [1.29, 1.82) is 0 Å². The molecule has 10 nitrogen and oxygen atoms in total. The molecule has 1 amide bonds. The standard InChI is InChI=1S/C20H25N3O3.2C2HF3O2/c1-22-11-16(12-25-13-17-5-2-3-8-21-17)20(14-22)7-9-23(15-20)19(24)18-6-4-10-26-18;2*3-2(4,5)1(6)7/h2-6,8,10,16H,7,9,11-15H2,1H3;2*(H,6,7)/t16-,20+;;/m0../s1. The molecule has 4 heterocycles. The Bertz CT molecular complexity index is 1090. The van der Waals surface area contributed by atoms with Crippen molar-refractivity contribution in [2.45, 2.75) is 25.4 Å². The first-order valence-corrected chi connectivity index (χ1v) is 11.6. The van der Waals surface area contributed by atoms with E-state index in [-0.39, 0.29) is 11.3 Å². The number of furan rings is 1. The summed E-state index contributed by atoms with van der Waals surface area (Å²) in [6.07, 6.45) is -5.81. The lowest BCUT2D eigenvalue weighted by atomic mass is 9.77. The summed E-state index contributed by atoms with van der Waals surface area (Å²) >= 11 is 0. The van der Waals surface area contributed by atoms with Crippen LogP contribution in [0.1, 0.15) is 22.7 Å². The van der Waals surface area contributed by atoms with E-state index in [9.17, 15) is 31.1 Å². The minimum absolute atomic E-state index is 0.00502. The van der Waals surface area contributed by atoms with Crippen LogP contribution < -0.4 is 0 Å². The van der Waals surface area contributed by atoms with Crippen LogP contribution >= 0.6 is 0 Å². The number of halogens is 6. The van der Waals surface area contributed by atoms with E-state index in [1.807, 2.05) is 23.1 Å². The molecular weight excluding hydrogens is 556 g/mol. The summed E-state index contributed by atoms with van der Waals surface area (Å²) < 4.78 is 74.8. The summed E-state index contributed by atoms with van der Waals surface area (Å²) in [5.41, 5.74) is 1.06. The molecular formula is C24H27F6N3O7. The molecule has 2 aromatic heterocycles. The molecule has 0 aliphatic carbocycles. The number of ether oxygens (including phenoxy) is 1. The van der Waals surface area contributed by atoms with Gasteiger partial charge in [0.05, 0.1) is 25.2 Å². The van der Waals surface area contributed by atoms with Crippen molar-refractivity contribution in [3.8, 4) is 0 Å². The highest BCUT2D eigenvalue weighted by Gasteiger charge is 2.50. The number of aliphatic carboxylic acids is 2. The van der Waals surface area contributed by atoms with Crippen LogP contribution in [0.25, 0.3) is 0 Å². The topological polar surface area (TPSA) is 133 Å². The van der Waals surface area contributed by atoms with Gasteiger partial charge >= 0.3 is 24.3 Å². The summed E-state index contributed by atoms with van der Waals surface area (Å²) in [6.45, 7) is 4.80. The van der Waals surface area contributed by atoms with E-state index >= 15 is 0 Å². The number of carbonyl (C=O) groups is 3. The summed E-state index contributed by atoms with van der Waals surface area (Å²) in [5.74, 6) is -4.67. The number of pyridine rings is 1. The number of hydrogen-bond donors (Lipinski definition) is 2. The highest BCUT2D eigenvalue weighted by Crippen LogP contribution is 2.44. The molecule has 0 aromatic carbocycles. The van der Waals surface area contributed by atoms with Gasteiger partial charge in [-0.05, 0) is 37.7 Å². The number of hydrogen-bond acceptors (Lipinski definition) is 7. The summed E-state index contributed by atoms with van der Waals surface area (Å²) in [5, 5.41) is 14.2. The number of alkyl halides is 6. The maximum absolute atomic E-state index is 12.6. The summed E-state index contributed by atoms with van der Waals surface area (Å²) in [4.78, 5) is 39.0. The average molecular weight is 583 g/mol. The molecule has 0 bridgehead atoms. The van der Waals surface area contributed by atoms with Gasteiger partial charge in [-0.3, -0.25) is 9.78 Å². The number of likely N-dealkylation sites (tertiary alicyclic amines) is 2. The highest BCUT2D eigenvalue weighted by atomic mass is 19.4. The molecule has 40 heavy (non-hydrogen) atoms. The fourth-order valence-electron chi connectivity index (χ4n) is 4.41. The van der Waals surface area contributed by atoms with E-state index < -0.39 is 24.3 Å². The number of amides is 1. The minimum Gasteiger partial charge on any atom is -0.475 e. The van der Waals surface area contributed by atoms with E-state index in [2.05, 4.69) is 16.9 Å². The lowest BCUT2D eigenvalue weighted by molar-refractivity contribution is -0.193. The molecule has 2 aliphatic rings. The van der Waals surface area contributed by atoms with Crippen molar-refractivity contribution in [3.05, 3.63) is 54.2 Å². The van der Waals surface area contributed by atoms with Crippen LogP contribution in [0.15, 0.2) is 47.2 Å². The number of nitrogens with zero attached hydrogens (tertiary/aromatic N) is 3. The molecule has 0 saturated carbocycles. The first-order valence-electron chi connectivity index (χ1n) is 11.6. The van der Waals surface area contributed by atoms with E-state index in [4.69, 9.17) is 29.0 Å². The van der Waals surface area contributed by atoms with Gasteiger partial charge in [-0.25, -0.2) is 9.59 Å². The Hall–Kier alpha value is -3.66. The Balaban J connectivity index is 0.000000333.